The first-order valence-electron chi connectivity index (χ1n) is 3.65. The summed E-state index contributed by atoms with van der Waals surface area (Å²) in [5.41, 5.74) is 1.20. The van der Waals surface area contributed by atoms with E-state index >= 15 is 0 Å². The third-order valence-electron chi connectivity index (χ3n) is 1.90. The molecular weight excluding hydrogens is 158 g/mol. The summed E-state index contributed by atoms with van der Waals surface area (Å²) in [6, 6.07) is 2.06. The molecule has 0 amide bonds. The summed E-state index contributed by atoms with van der Waals surface area (Å²) in [5.74, 6) is 0.358. The minimum absolute atomic E-state index is 0.358. The van der Waals surface area contributed by atoms with Crippen LogP contribution in [0.4, 0.5) is 5.69 Å². The maximum absolute atomic E-state index is 10.9. The van der Waals surface area contributed by atoms with Crippen LogP contribution < -0.4 is 4.90 Å². The normalized spacial score (nSPS) is 17.8. The summed E-state index contributed by atoms with van der Waals surface area (Å²) >= 11 is 1.67. The monoisotopic (exact) mass is 167 g/mol. The van der Waals surface area contributed by atoms with Gasteiger partial charge in [0.15, 0.2) is 5.78 Å². The number of Topliss-reactive ketones (excluding diaryl/α,β-unsaturated/α-hetero) is 1. The van der Waals surface area contributed by atoms with Crippen molar-refractivity contribution in [1.29, 1.82) is 0 Å². The van der Waals surface area contributed by atoms with Crippen LogP contribution in [0.25, 0.3) is 0 Å². The number of carbonyl (C=O) groups is 1. The molecule has 1 saturated heterocycles. The Labute approximate surface area is 69.4 Å². The van der Waals surface area contributed by atoms with Crippen LogP contribution in [-0.2, 0) is 4.79 Å². The van der Waals surface area contributed by atoms with Crippen LogP contribution in [0.3, 0.4) is 0 Å². The van der Waals surface area contributed by atoms with Gasteiger partial charge in [-0.3, -0.25) is 4.79 Å². The lowest BCUT2D eigenvalue weighted by Gasteiger charge is -2.12. The molecule has 0 aromatic carbocycles. The Morgan fingerprint density at radius 3 is 3.00 bits per heavy atom. The van der Waals surface area contributed by atoms with Gasteiger partial charge >= 0.3 is 0 Å². The van der Waals surface area contributed by atoms with E-state index in [-0.39, 0.29) is 0 Å². The number of thiophene rings is 1. The van der Waals surface area contributed by atoms with E-state index in [2.05, 4.69) is 16.3 Å². The van der Waals surface area contributed by atoms with E-state index in [1.165, 1.54) is 5.69 Å². The van der Waals surface area contributed by atoms with Crippen molar-refractivity contribution in [3.8, 4) is 0 Å². The Bertz CT molecular complexity index is 255. The Morgan fingerprint density at radius 1 is 1.55 bits per heavy atom. The number of rotatable bonds is 1. The molecule has 2 rings (SSSR count). The molecule has 1 aliphatic heterocycles. The van der Waals surface area contributed by atoms with Crippen LogP contribution in [0.2, 0.25) is 0 Å². The van der Waals surface area contributed by atoms with E-state index in [4.69, 9.17) is 0 Å². The van der Waals surface area contributed by atoms with Crippen molar-refractivity contribution in [3.05, 3.63) is 16.8 Å². The number of carbonyl (C=O) groups excluding carboxylic acids is 1. The van der Waals surface area contributed by atoms with Gasteiger partial charge in [-0.2, -0.15) is 11.3 Å². The lowest BCUT2D eigenvalue weighted by molar-refractivity contribution is -0.116. The molecule has 0 aliphatic carbocycles. The molecule has 0 unspecified atom stereocenters. The first-order valence-corrected chi connectivity index (χ1v) is 4.59. The Kier molecular flexibility index (Phi) is 1.66. The molecule has 1 aliphatic rings. The fourth-order valence-corrected chi connectivity index (χ4v) is 1.95. The summed E-state index contributed by atoms with van der Waals surface area (Å²) in [6.45, 7) is 1.51. The highest BCUT2D eigenvalue weighted by atomic mass is 32.1. The van der Waals surface area contributed by atoms with Gasteiger partial charge < -0.3 is 4.90 Å². The van der Waals surface area contributed by atoms with E-state index in [0.29, 0.717) is 12.3 Å². The maximum Gasteiger partial charge on any atom is 0.153 e. The second-order valence-electron chi connectivity index (χ2n) is 2.69. The lowest BCUT2D eigenvalue weighted by atomic mass is 10.4. The smallest absolute Gasteiger partial charge is 0.153 e. The molecule has 0 N–H and O–H groups in total. The summed E-state index contributed by atoms with van der Waals surface area (Å²) < 4.78 is 0. The van der Waals surface area contributed by atoms with E-state index in [1.54, 1.807) is 11.3 Å². The van der Waals surface area contributed by atoms with Crippen LogP contribution in [0, 0.1) is 0 Å². The van der Waals surface area contributed by atoms with Gasteiger partial charge in [-0.05, 0) is 11.4 Å². The first-order chi connectivity index (χ1) is 5.36. The molecule has 0 atom stereocenters. The fraction of sp³-hybridized carbons (Fsp3) is 0.375. The van der Waals surface area contributed by atoms with Crippen LogP contribution in [-0.4, -0.2) is 18.9 Å². The molecular formula is C8H9NOS. The van der Waals surface area contributed by atoms with Gasteiger partial charge in [0.05, 0.1) is 6.54 Å². The highest BCUT2D eigenvalue weighted by Gasteiger charge is 2.19. The van der Waals surface area contributed by atoms with Crippen molar-refractivity contribution < 1.29 is 4.79 Å². The van der Waals surface area contributed by atoms with Crippen LogP contribution in [0.5, 0.6) is 0 Å². The maximum atomic E-state index is 10.9. The highest BCUT2D eigenvalue weighted by Crippen LogP contribution is 2.20. The van der Waals surface area contributed by atoms with Crippen LogP contribution >= 0.6 is 11.3 Å². The third kappa shape index (κ3) is 1.28. The zero-order valence-electron chi connectivity index (χ0n) is 6.12. The number of hydrogen-bond donors (Lipinski definition) is 0. The first kappa shape index (κ1) is 6.85. The fourth-order valence-electron chi connectivity index (χ4n) is 1.29. The van der Waals surface area contributed by atoms with Crippen molar-refractivity contribution >= 4 is 22.8 Å². The van der Waals surface area contributed by atoms with Crippen molar-refractivity contribution in [2.24, 2.45) is 0 Å². The molecule has 0 saturated carbocycles. The average Bonchev–Trinajstić information content (AvgIpc) is 2.55. The predicted octanol–water partition coefficient (Wildman–Crippen LogP) is 1.53. The van der Waals surface area contributed by atoms with Gasteiger partial charge in [0, 0.05) is 24.0 Å². The molecule has 11 heavy (non-hydrogen) atoms. The molecule has 1 aromatic rings. The van der Waals surface area contributed by atoms with Crippen molar-refractivity contribution in [2.45, 2.75) is 6.42 Å². The van der Waals surface area contributed by atoms with Crippen molar-refractivity contribution in [1.82, 2.24) is 0 Å². The number of ketones is 1. The average molecular weight is 167 g/mol. The molecule has 2 heterocycles. The van der Waals surface area contributed by atoms with Gasteiger partial charge in [0.25, 0.3) is 0 Å². The lowest BCUT2D eigenvalue weighted by Crippen LogP contribution is -2.18. The van der Waals surface area contributed by atoms with Crippen molar-refractivity contribution in [3.63, 3.8) is 0 Å². The third-order valence-corrected chi connectivity index (χ3v) is 2.57. The van der Waals surface area contributed by atoms with Gasteiger partial charge in [-0.25, -0.2) is 0 Å². The molecule has 0 spiro atoms. The van der Waals surface area contributed by atoms with E-state index < -0.39 is 0 Å². The quantitative estimate of drug-likeness (QED) is 0.632. The zero-order valence-corrected chi connectivity index (χ0v) is 6.93. The topological polar surface area (TPSA) is 20.3 Å². The number of nitrogens with zero attached hydrogens (tertiary/aromatic N) is 1. The molecule has 1 fully saturated rings. The van der Waals surface area contributed by atoms with Crippen LogP contribution in [0.1, 0.15) is 6.42 Å². The molecule has 1 aromatic heterocycles. The van der Waals surface area contributed by atoms with E-state index in [0.717, 1.165) is 13.0 Å². The Hall–Kier alpha value is -0.830. The number of anilines is 1. The minimum Gasteiger partial charge on any atom is -0.363 e. The SMILES string of the molecule is O=C1CCN(c2ccsc2)C1. The summed E-state index contributed by atoms with van der Waals surface area (Å²) in [7, 11) is 0. The standard InChI is InChI=1S/C8H9NOS/c10-8-1-3-9(5-8)7-2-4-11-6-7/h2,4,6H,1,3,5H2. The summed E-state index contributed by atoms with van der Waals surface area (Å²) in [5, 5.41) is 4.12. The molecule has 2 nitrogen and oxygen atoms in total. The van der Waals surface area contributed by atoms with Crippen molar-refractivity contribution in [2.75, 3.05) is 18.0 Å². The molecule has 58 valence electrons. The van der Waals surface area contributed by atoms with E-state index in [1.807, 2.05) is 5.38 Å². The van der Waals surface area contributed by atoms with Gasteiger partial charge in [0.2, 0.25) is 0 Å². The number of hydrogen-bond acceptors (Lipinski definition) is 3. The van der Waals surface area contributed by atoms with Crippen LogP contribution in [0.15, 0.2) is 16.8 Å². The van der Waals surface area contributed by atoms with Gasteiger partial charge in [-0.15, -0.1) is 0 Å². The van der Waals surface area contributed by atoms with Gasteiger partial charge in [-0.1, -0.05) is 0 Å². The van der Waals surface area contributed by atoms with E-state index in [9.17, 15) is 4.79 Å². The summed E-state index contributed by atoms with van der Waals surface area (Å²) in [6.07, 6.45) is 0.718. The molecule has 0 bridgehead atoms. The second kappa shape index (κ2) is 2.66. The van der Waals surface area contributed by atoms with Gasteiger partial charge in [0.1, 0.15) is 0 Å². The highest BCUT2D eigenvalue weighted by molar-refractivity contribution is 7.08. The molecule has 3 heteroatoms. The Balaban J connectivity index is 2.13. The Morgan fingerprint density at radius 2 is 2.45 bits per heavy atom. The minimum atomic E-state index is 0.358. The predicted molar refractivity (Wildman–Crippen MR) is 46.2 cm³/mol. The second-order valence-corrected chi connectivity index (χ2v) is 3.47. The largest absolute Gasteiger partial charge is 0.363 e. The summed E-state index contributed by atoms with van der Waals surface area (Å²) in [4.78, 5) is 13.0. The molecule has 0 radical (unpaired) electrons. The zero-order chi connectivity index (χ0) is 7.68.